The molecule has 4 aliphatic rings. The standard InChI is InChI=1S/4C5H9NOS2.Re/c4*8-5(9)6-1-3-7-4-2-6;/h4*1-4H2,(H,8,9);/p-4. The predicted octanol–water partition coefficient (Wildman–Crippen LogP) is 0.599. The van der Waals surface area contributed by atoms with Gasteiger partial charge in [-0.25, -0.2) is 0 Å². The van der Waals surface area contributed by atoms with Crippen molar-refractivity contribution in [2.45, 2.75) is 0 Å². The summed E-state index contributed by atoms with van der Waals surface area (Å²) in [6.07, 6.45) is 0. The monoisotopic (exact) mass is 835 g/mol. The van der Waals surface area contributed by atoms with E-state index in [1.165, 1.54) is 0 Å². The van der Waals surface area contributed by atoms with E-state index in [0.29, 0.717) is 17.3 Å². The Morgan fingerprint density at radius 3 is 0.595 bits per heavy atom. The molecule has 4 rings (SSSR count). The average molecular weight is 835 g/mol. The third-order valence-electron chi connectivity index (χ3n) is 5.08. The van der Waals surface area contributed by atoms with Crippen LogP contribution < -0.4 is 0 Å². The first-order valence-corrected chi connectivity index (χ1v) is 14.6. The van der Waals surface area contributed by atoms with Crippen LogP contribution in [0.3, 0.4) is 0 Å². The van der Waals surface area contributed by atoms with Gasteiger partial charge in [-0.3, -0.25) is 0 Å². The fourth-order valence-electron chi connectivity index (χ4n) is 2.98. The Bertz CT molecular complexity index is 565. The summed E-state index contributed by atoms with van der Waals surface area (Å²) in [7, 11) is 0. The van der Waals surface area contributed by atoms with Gasteiger partial charge in [0.1, 0.15) is 0 Å². The van der Waals surface area contributed by atoms with Crippen molar-refractivity contribution >= 4 is 117 Å². The number of ether oxygens (including phenoxy) is 4. The first kappa shape index (κ1) is 37.9. The van der Waals surface area contributed by atoms with E-state index >= 15 is 0 Å². The van der Waals surface area contributed by atoms with Crippen molar-refractivity contribution in [3.05, 3.63) is 0 Å². The molecule has 4 saturated heterocycles. The summed E-state index contributed by atoms with van der Waals surface area (Å²) < 4.78 is 22.7. The molecule has 0 aliphatic carbocycles. The molecular weight excluding hydrogens is 803 g/mol. The number of hydrogen-bond donors (Lipinski definition) is 0. The minimum absolute atomic E-state index is 0. The Balaban J connectivity index is 0.000000463. The molecule has 37 heavy (non-hydrogen) atoms. The van der Waals surface area contributed by atoms with Crippen molar-refractivity contribution in [1.29, 1.82) is 0 Å². The van der Waals surface area contributed by atoms with Gasteiger partial charge in [-0.1, -0.05) is 17.3 Å². The van der Waals surface area contributed by atoms with Crippen LogP contribution in [0, 0.1) is 0 Å². The maximum Gasteiger partial charge on any atom is 0.0641 e. The second kappa shape index (κ2) is 23.6. The first-order valence-electron chi connectivity index (χ1n) is 11.4. The van der Waals surface area contributed by atoms with Gasteiger partial charge in [0.2, 0.25) is 0 Å². The van der Waals surface area contributed by atoms with E-state index in [0.717, 1.165) is 105 Å². The molecule has 0 unspecified atom stereocenters. The van der Waals surface area contributed by atoms with Gasteiger partial charge < -0.3 is 138 Å². The third-order valence-corrected chi connectivity index (χ3v) is 7.14. The van der Waals surface area contributed by atoms with Crippen molar-refractivity contribution in [3.8, 4) is 0 Å². The summed E-state index contributed by atoms with van der Waals surface area (Å²) >= 11 is 38.4. The molecule has 4 aliphatic heterocycles. The van der Waals surface area contributed by atoms with E-state index in [1.807, 2.05) is 19.6 Å². The summed E-state index contributed by atoms with van der Waals surface area (Å²) in [5.74, 6) is 0. The number of hydrogen-bond acceptors (Lipinski definition) is 12. The van der Waals surface area contributed by atoms with Gasteiger partial charge in [-0.15, -0.1) is 0 Å². The minimum atomic E-state index is 0. The number of nitrogens with zero attached hydrogens (tertiary/aromatic N) is 4. The van der Waals surface area contributed by atoms with Crippen LogP contribution in [0.2, 0.25) is 0 Å². The van der Waals surface area contributed by atoms with Crippen LogP contribution in [0.4, 0.5) is 0 Å². The van der Waals surface area contributed by atoms with Gasteiger partial charge in [0.05, 0.1) is 52.9 Å². The van der Waals surface area contributed by atoms with E-state index < -0.39 is 0 Å². The smallest absolute Gasteiger partial charge is 0.0641 e. The number of rotatable bonds is 0. The molecule has 0 N–H and O–H groups in total. The van der Waals surface area contributed by atoms with Gasteiger partial charge in [-0.2, -0.15) is 0 Å². The molecular formula is C20H32N4O4ReS8-4. The molecule has 215 valence electrons. The fraction of sp³-hybridized carbons (Fsp3) is 0.800. The molecule has 0 aromatic heterocycles. The van der Waals surface area contributed by atoms with E-state index in [2.05, 4.69) is 0 Å². The molecule has 0 aromatic carbocycles. The summed E-state index contributed by atoms with van der Waals surface area (Å²) in [6.45, 7) is 13.0. The van der Waals surface area contributed by atoms with Gasteiger partial charge in [0.25, 0.3) is 0 Å². The number of morpholine rings is 4. The van der Waals surface area contributed by atoms with Crippen LogP contribution in [0.15, 0.2) is 0 Å². The Kier molecular flexibility index (Phi) is 24.2. The SMILES string of the molecule is S=C([S-])N1CCOCC1.S=C([S-])N1CCOCC1.S=C([S-])N1CCOCC1.S=C([S-])N1CCOCC1.[Re]. The largest absolute Gasteiger partial charge is 0.411 e. The average Bonchev–Trinajstić information content (AvgIpc) is 2.92. The molecule has 0 aromatic rings. The van der Waals surface area contributed by atoms with Crippen molar-refractivity contribution in [3.63, 3.8) is 0 Å². The summed E-state index contributed by atoms with van der Waals surface area (Å²) in [6, 6.07) is 0. The third kappa shape index (κ3) is 18.8. The van der Waals surface area contributed by atoms with Crippen molar-refractivity contribution in [2.24, 2.45) is 0 Å². The van der Waals surface area contributed by atoms with Gasteiger partial charge in [0.15, 0.2) is 0 Å². The second-order valence-electron chi connectivity index (χ2n) is 7.46. The van der Waals surface area contributed by atoms with Crippen LogP contribution in [0.25, 0.3) is 0 Å². The Labute approximate surface area is 278 Å². The van der Waals surface area contributed by atoms with Crippen LogP contribution in [0.5, 0.6) is 0 Å². The maximum atomic E-state index is 5.10. The Morgan fingerprint density at radius 2 is 0.514 bits per heavy atom. The molecule has 1 radical (unpaired) electrons. The van der Waals surface area contributed by atoms with E-state index in [1.54, 1.807) is 0 Å². The van der Waals surface area contributed by atoms with Crippen LogP contribution >= 0.6 is 48.9 Å². The zero-order valence-electron chi connectivity index (χ0n) is 20.4. The Morgan fingerprint density at radius 1 is 0.378 bits per heavy atom. The fourth-order valence-corrected chi connectivity index (χ4v) is 4.44. The zero-order chi connectivity index (χ0) is 26.8. The zero-order valence-corrected chi connectivity index (χ0v) is 29.6. The second-order valence-corrected chi connectivity index (χ2v) is 11.6. The van der Waals surface area contributed by atoms with Gasteiger partial charge >= 0.3 is 0 Å². The van der Waals surface area contributed by atoms with Crippen LogP contribution in [0.1, 0.15) is 0 Å². The van der Waals surface area contributed by atoms with Gasteiger partial charge in [0, 0.05) is 72.8 Å². The van der Waals surface area contributed by atoms with Gasteiger partial charge in [-0.05, 0) is 0 Å². The van der Waals surface area contributed by atoms with Crippen LogP contribution in [-0.2, 0) is 89.9 Å². The molecule has 17 heteroatoms. The topological polar surface area (TPSA) is 49.9 Å². The first-order chi connectivity index (χ1) is 17.2. The normalized spacial score (nSPS) is 19.2. The summed E-state index contributed by atoms with van der Waals surface area (Å²) in [4.78, 5) is 7.92. The maximum absolute atomic E-state index is 5.10. The quantitative estimate of drug-likeness (QED) is 0.253. The summed E-state index contributed by atoms with van der Waals surface area (Å²) in [5, 5.41) is 0. The molecule has 8 nitrogen and oxygen atoms in total. The van der Waals surface area contributed by atoms with E-state index in [9.17, 15) is 0 Å². The van der Waals surface area contributed by atoms with E-state index in [4.69, 9.17) is 118 Å². The Hall–Kier alpha value is 0.942. The van der Waals surface area contributed by atoms with Crippen molar-refractivity contribution < 1.29 is 39.4 Å². The van der Waals surface area contributed by atoms with Crippen LogP contribution in [-0.4, -0.2) is 142 Å². The molecule has 0 bridgehead atoms. The minimum Gasteiger partial charge on any atom is -0.411 e. The number of thiocarbonyl (C=S) groups is 4. The van der Waals surface area contributed by atoms with E-state index in [-0.39, 0.29) is 20.4 Å². The van der Waals surface area contributed by atoms with Crippen molar-refractivity contribution in [1.82, 2.24) is 19.6 Å². The van der Waals surface area contributed by atoms with Crippen molar-refractivity contribution in [2.75, 3.05) is 105 Å². The predicted molar refractivity (Wildman–Crippen MR) is 169 cm³/mol. The molecule has 0 atom stereocenters. The molecule has 4 fully saturated rings. The molecule has 4 heterocycles. The summed E-state index contributed by atoms with van der Waals surface area (Å²) in [5.41, 5.74) is 0. The molecule has 0 spiro atoms. The molecule has 0 amide bonds. The molecule has 0 saturated carbocycles.